The molecule has 2 aromatic carbocycles. The molecule has 138 valence electrons. The second-order valence-electron chi connectivity index (χ2n) is 6.45. The molecule has 0 saturated heterocycles. The van der Waals surface area contributed by atoms with Gasteiger partial charge in [0.05, 0.1) is 24.5 Å². The van der Waals surface area contributed by atoms with Crippen molar-refractivity contribution < 1.29 is 4.74 Å². The third-order valence-corrected chi connectivity index (χ3v) is 4.54. The van der Waals surface area contributed by atoms with Gasteiger partial charge in [-0.25, -0.2) is 4.68 Å². The third-order valence-electron chi connectivity index (χ3n) is 4.54. The standard InChI is InChI=1S/C21H23N5O/c1-22-21(24-15-19-13-16-7-5-6-10-20(16)27-19)23-14-17-11-12-26(25-17)18-8-3-2-4-9-18/h2-12,19H,13-15H2,1H3,(H2,22,23,24). The lowest BCUT2D eigenvalue weighted by Crippen LogP contribution is -2.42. The largest absolute Gasteiger partial charge is 0.488 e. The van der Waals surface area contributed by atoms with Gasteiger partial charge in [0.25, 0.3) is 0 Å². The van der Waals surface area contributed by atoms with Gasteiger partial charge in [0.1, 0.15) is 11.9 Å². The van der Waals surface area contributed by atoms with E-state index >= 15 is 0 Å². The van der Waals surface area contributed by atoms with E-state index in [9.17, 15) is 0 Å². The summed E-state index contributed by atoms with van der Waals surface area (Å²) >= 11 is 0. The van der Waals surface area contributed by atoms with Crippen molar-refractivity contribution in [2.75, 3.05) is 13.6 Å². The van der Waals surface area contributed by atoms with Gasteiger partial charge in [-0.1, -0.05) is 36.4 Å². The Morgan fingerprint density at radius 2 is 1.93 bits per heavy atom. The van der Waals surface area contributed by atoms with Crippen molar-refractivity contribution >= 4 is 5.96 Å². The van der Waals surface area contributed by atoms with Crippen LogP contribution < -0.4 is 15.4 Å². The second-order valence-corrected chi connectivity index (χ2v) is 6.45. The summed E-state index contributed by atoms with van der Waals surface area (Å²) in [6.45, 7) is 1.30. The van der Waals surface area contributed by atoms with Gasteiger partial charge < -0.3 is 15.4 Å². The number of para-hydroxylation sites is 2. The molecular weight excluding hydrogens is 338 g/mol. The van der Waals surface area contributed by atoms with E-state index < -0.39 is 0 Å². The van der Waals surface area contributed by atoms with Gasteiger partial charge in [-0.3, -0.25) is 4.99 Å². The molecule has 2 N–H and O–H groups in total. The van der Waals surface area contributed by atoms with Crippen molar-refractivity contribution in [1.82, 2.24) is 20.4 Å². The van der Waals surface area contributed by atoms with Gasteiger partial charge in [-0.05, 0) is 29.8 Å². The molecule has 1 aliphatic rings. The molecule has 1 atom stereocenters. The van der Waals surface area contributed by atoms with E-state index in [1.54, 1.807) is 7.05 Å². The van der Waals surface area contributed by atoms with Crippen molar-refractivity contribution in [2.45, 2.75) is 19.1 Å². The minimum Gasteiger partial charge on any atom is -0.488 e. The zero-order chi connectivity index (χ0) is 18.5. The fraction of sp³-hybridized carbons (Fsp3) is 0.238. The highest BCUT2D eigenvalue weighted by molar-refractivity contribution is 5.79. The van der Waals surface area contributed by atoms with Crippen molar-refractivity contribution in [2.24, 2.45) is 4.99 Å². The topological polar surface area (TPSA) is 63.5 Å². The van der Waals surface area contributed by atoms with E-state index in [2.05, 4.69) is 26.8 Å². The highest BCUT2D eigenvalue weighted by Gasteiger charge is 2.22. The maximum Gasteiger partial charge on any atom is 0.191 e. The first-order valence-electron chi connectivity index (χ1n) is 9.11. The summed E-state index contributed by atoms with van der Waals surface area (Å²) in [7, 11) is 1.77. The average molecular weight is 361 g/mol. The molecule has 1 unspecified atom stereocenters. The lowest BCUT2D eigenvalue weighted by molar-refractivity contribution is 0.235. The van der Waals surface area contributed by atoms with Crippen LogP contribution in [0.25, 0.3) is 5.69 Å². The molecule has 0 amide bonds. The lowest BCUT2D eigenvalue weighted by Gasteiger charge is -2.15. The highest BCUT2D eigenvalue weighted by Crippen LogP contribution is 2.27. The Morgan fingerprint density at radius 3 is 2.74 bits per heavy atom. The van der Waals surface area contributed by atoms with Crippen LogP contribution in [0.1, 0.15) is 11.3 Å². The van der Waals surface area contributed by atoms with E-state index in [0.29, 0.717) is 13.1 Å². The fourth-order valence-electron chi connectivity index (χ4n) is 3.15. The van der Waals surface area contributed by atoms with E-state index in [-0.39, 0.29) is 6.10 Å². The number of nitrogens with zero attached hydrogens (tertiary/aromatic N) is 3. The summed E-state index contributed by atoms with van der Waals surface area (Å²) in [6.07, 6.45) is 3.01. The highest BCUT2D eigenvalue weighted by atomic mass is 16.5. The number of aromatic nitrogens is 2. The Hall–Kier alpha value is -3.28. The van der Waals surface area contributed by atoms with Gasteiger partial charge in [-0.15, -0.1) is 0 Å². The van der Waals surface area contributed by atoms with Crippen molar-refractivity contribution in [3.05, 3.63) is 78.1 Å². The van der Waals surface area contributed by atoms with Crippen LogP contribution in [0.2, 0.25) is 0 Å². The van der Waals surface area contributed by atoms with Crippen LogP contribution in [0.3, 0.4) is 0 Å². The van der Waals surface area contributed by atoms with Crippen LogP contribution in [-0.2, 0) is 13.0 Å². The molecule has 1 aromatic heterocycles. The molecule has 0 spiro atoms. The Kier molecular flexibility index (Phi) is 5.05. The maximum atomic E-state index is 5.96. The molecule has 3 aromatic rings. The van der Waals surface area contributed by atoms with Crippen LogP contribution in [0.5, 0.6) is 5.75 Å². The Balaban J connectivity index is 1.27. The summed E-state index contributed by atoms with van der Waals surface area (Å²) in [5.41, 5.74) is 3.26. The zero-order valence-corrected chi connectivity index (χ0v) is 15.3. The second kappa shape index (κ2) is 7.95. The van der Waals surface area contributed by atoms with Gasteiger partial charge in [0.2, 0.25) is 0 Å². The van der Waals surface area contributed by atoms with Gasteiger partial charge >= 0.3 is 0 Å². The van der Waals surface area contributed by atoms with E-state index in [1.807, 2.05) is 65.5 Å². The number of guanidine groups is 1. The van der Waals surface area contributed by atoms with Crippen LogP contribution in [0, 0.1) is 0 Å². The Labute approximate surface area is 158 Å². The predicted octanol–water partition coefficient (Wildman–Crippen LogP) is 2.54. The number of fused-ring (bicyclic) bond motifs is 1. The lowest BCUT2D eigenvalue weighted by atomic mass is 10.1. The SMILES string of the molecule is CN=C(NCc1ccn(-c2ccccc2)n1)NCC1Cc2ccccc2O1. The normalized spacial score (nSPS) is 15.9. The van der Waals surface area contributed by atoms with Crippen LogP contribution in [-0.4, -0.2) is 35.4 Å². The van der Waals surface area contributed by atoms with Crippen LogP contribution >= 0.6 is 0 Å². The molecule has 4 rings (SSSR count). The molecule has 2 heterocycles. The number of hydrogen-bond acceptors (Lipinski definition) is 3. The Morgan fingerprint density at radius 1 is 1.11 bits per heavy atom. The fourth-order valence-corrected chi connectivity index (χ4v) is 3.15. The number of hydrogen-bond donors (Lipinski definition) is 2. The minimum absolute atomic E-state index is 0.123. The predicted molar refractivity (Wildman–Crippen MR) is 106 cm³/mol. The molecule has 0 radical (unpaired) electrons. The van der Waals surface area contributed by atoms with Gasteiger partial charge in [0, 0.05) is 19.7 Å². The maximum absolute atomic E-state index is 5.96. The molecule has 0 bridgehead atoms. The smallest absolute Gasteiger partial charge is 0.191 e. The van der Waals surface area contributed by atoms with Crippen molar-refractivity contribution in [3.63, 3.8) is 0 Å². The van der Waals surface area contributed by atoms with E-state index in [4.69, 9.17) is 4.74 Å². The monoisotopic (exact) mass is 361 g/mol. The average Bonchev–Trinajstić information content (AvgIpc) is 3.35. The van der Waals surface area contributed by atoms with Crippen molar-refractivity contribution in [3.8, 4) is 11.4 Å². The number of ether oxygens (including phenoxy) is 1. The molecule has 0 aliphatic carbocycles. The first kappa shape index (κ1) is 17.1. The first-order valence-corrected chi connectivity index (χ1v) is 9.11. The first-order chi connectivity index (χ1) is 13.3. The number of benzene rings is 2. The summed E-state index contributed by atoms with van der Waals surface area (Å²) in [4.78, 5) is 4.28. The van der Waals surface area contributed by atoms with Crippen molar-refractivity contribution in [1.29, 1.82) is 0 Å². The summed E-state index contributed by atoms with van der Waals surface area (Å²) in [5, 5.41) is 11.2. The summed E-state index contributed by atoms with van der Waals surface area (Å²) < 4.78 is 7.83. The van der Waals surface area contributed by atoms with Crippen LogP contribution in [0.15, 0.2) is 71.9 Å². The number of rotatable bonds is 5. The summed E-state index contributed by atoms with van der Waals surface area (Å²) in [5.74, 6) is 1.72. The van der Waals surface area contributed by atoms with E-state index in [0.717, 1.165) is 29.5 Å². The third kappa shape index (κ3) is 4.11. The van der Waals surface area contributed by atoms with Gasteiger partial charge in [0.15, 0.2) is 5.96 Å². The number of aliphatic imine (C=N–C) groups is 1. The molecule has 1 aliphatic heterocycles. The molecule has 6 heteroatoms. The molecule has 6 nitrogen and oxygen atoms in total. The quantitative estimate of drug-likeness (QED) is 0.542. The minimum atomic E-state index is 0.123. The Bertz CT molecular complexity index is 894. The van der Waals surface area contributed by atoms with E-state index in [1.165, 1.54) is 5.56 Å². The molecule has 27 heavy (non-hydrogen) atoms. The summed E-state index contributed by atoms with van der Waals surface area (Å²) in [6, 6.07) is 20.3. The molecular formula is C21H23N5O. The molecule has 0 saturated carbocycles. The number of nitrogens with one attached hydrogen (secondary N) is 2. The molecule has 0 fully saturated rings. The van der Waals surface area contributed by atoms with Crippen LogP contribution in [0.4, 0.5) is 0 Å². The zero-order valence-electron chi connectivity index (χ0n) is 15.3. The van der Waals surface area contributed by atoms with Gasteiger partial charge in [-0.2, -0.15) is 5.10 Å².